The molecule has 1 aliphatic heterocycles. The number of hydrogen-bond donors (Lipinski definition) is 2. The van der Waals surface area contributed by atoms with E-state index in [0.717, 1.165) is 54.4 Å². The molecule has 0 unspecified atom stereocenters. The van der Waals surface area contributed by atoms with Crippen molar-refractivity contribution in [1.82, 2.24) is 19.9 Å². The zero-order chi connectivity index (χ0) is 17.2. The first kappa shape index (κ1) is 15.7. The number of imidazole rings is 1. The zero-order valence-electron chi connectivity index (χ0n) is 14.2. The molecule has 6 nitrogen and oxygen atoms in total. The molecule has 0 aliphatic carbocycles. The van der Waals surface area contributed by atoms with Crippen LogP contribution in [-0.4, -0.2) is 33.5 Å². The Balaban J connectivity index is 1.51. The van der Waals surface area contributed by atoms with Crippen LogP contribution in [0, 0.1) is 0 Å². The van der Waals surface area contributed by atoms with Crippen LogP contribution in [0.15, 0.2) is 42.6 Å². The Hall–Kier alpha value is -2.86. The number of anilines is 1. The van der Waals surface area contributed by atoms with Crippen molar-refractivity contribution in [3.05, 3.63) is 59.5 Å². The third kappa shape index (κ3) is 3.21. The maximum atomic E-state index is 5.97. The molecule has 0 saturated carbocycles. The molecule has 0 fully saturated rings. The fraction of sp³-hybridized carbons (Fsp3) is 0.263. The summed E-state index contributed by atoms with van der Waals surface area (Å²) < 4.78 is 5.21. The smallest absolute Gasteiger partial charge is 0.137 e. The first-order chi connectivity index (χ1) is 12.2. The van der Waals surface area contributed by atoms with Crippen molar-refractivity contribution in [3.8, 4) is 17.1 Å². The van der Waals surface area contributed by atoms with E-state index in [1.54, 1.807) is 13.3 Å². The predicted octanol–water partition coefficient (Wildman–Crippen LogP) is 2.62. The third-order valence-electron chi connectivity index (χ3n) is 4.59. The van der Waals surface area contributed by atoms with Gasteiger partial charge in [0.2, 0.25) is 0 Å². The molecule has 3 N–H and O–H groups in total. The molecule has 2 aromatic heterocycles. The van der Waals surface area contributed by atoms with Crippen molar-refractivity contribution in [2.45, 2.75) is 19.5 Å². The molecule has 0 amide bonds. The summed E-state index contributed by atoms with van der Waals surface area (Å²) >= 11 is 0. The molecule has 3 aromatic rings. The molecule has 4 rings (SSSR count). The summed E-state index contributed by atoms with van der Waals surface area (Å²) in [7, 11) is 1.67. The first-order valence-corrected chi connectivity index (χ1v) is 8.37. The molecule has 3 heterocycles. The van der Waals surface area contributed by atoms with Gasteiger partial charge in [-0.15, -0.1) is 0 Å². The molecule has 0 bridgehead atoms. The Morgan fingerprint density at radius 2 is 2.08 bits per heavy atom. The maximum Gasteiger partial charge on any atom is 0.137 e. The van der Waals surface area contributed by atoms with Crippen molar-refractivity contribution < 1.29 is 4.74 Å². The third-order valence-corrected chi connectivity index (χ3v) is 4.59. The van der Waals surface area contributed by atoms with Gasteiger partial charge in [-0.2, -0.15) is 0 Å². The van der Waals surface area contributed by atoms with Crippen LogP contribution in [0.4, 0.5) is 5.82 Å². The number of benzene rings is 1. The molecule has 0 saturated heterocycles. The van der Waals surface area contributed by atoms with Crippen molar-refractivity contribution in [2.75, 3.05) is 19.4 Å². The highest BCUT2D eigenvalue weighted by Crippen LogP contribution is 2.25. The fourth-order valence-electron chi connectivity index (χ4n) is 3.20. The standard InChI is InChI=1S/C19H21N5O/c1-25-15-6-4-13(5-7-15)19-22-16-8-10-24(12-17(16)23-19)11-14-3-2-9-21-18(14)20/h2-7,9H,8,10-12H2,1H3,(H2,20,21)(H,22,23). The highest BCUT2D eigenvalue weighted by Gasteiger charge is 2.21. The minimum absolute atomic E-state index is 0.608. The summed E-state index contributed by atoms with van der Waals surface area (Å²) in [5.74, 6) is 2.37. The second-order valence-corrected chi connectivity index (χ2v) is 6.25. The molecule has 0 atom stereocenters. The Morgan fingerprint density at radius 1 is 1.24 bits per heavy atom. The molecular weight excluding hydrogens is 314 g/mol. The van der Waals surface area contributed by atoms with E-state index >= 15 is 0 Å². The average Bonchev–Trinajstić information content (AvgIpc) is 3.07. The minimum atomic E-state index is 0.608. The van der Waals surface area contributed by atoms with Gasteiger partial charge in [-0.05, 0) is 30.3 Å². The quantitative estimate of drug-likeness (QED) is 0.766. The van der Waals surface area contributed by atoms with Crippen LogP contribution in [0.1, 0.15) is 17.0 Å². The van der Waals surface area contributed by atoms with Gasteiger partial charge in [0.1, 0.15) is 17.4 Å². The van der Waals surface area contributed by atoms with Crippen LogP contribution in [0.25, 0.3) is 11.4 Å². The summed E-state index contributed by atoms with van der Waals surface area (Å²) in [6.07, 6.45) is 2.66. The largest absolute Gasteiger partial charge is 0.497 e. The van der Waals surface area contributed by atoms with Gasteiger partial charge in [0.05, 0.1) is 18.5 Å². The van der Waals surface area contributed by atoms with Crippen LogP contribution in [0.3, 0.4) is 0 Å². The normalized spacial score (nSPS) is 14.3. The lowest BCUT2D eigenvalue weighted by atomic mass is 10.1. The van der Waals surface area contributed by atoms with Gasteiger partial charge in [0.25, 0.3) is 0 Å². The van der Waals surface area contributed by atoms with Crippen LogP contribution < -0.4 is 10.5 Å². The summed E-state index contributed by atoms with van der Waals surface area (Å²) in [4.78, 5) is 14.8. The van der Waals surface area contributed by atoms with Gasteiger partial charge in [-0.1, -0.05) is 6.07 Å². The number of fused-ring (bicyclic) bond motifs is 1. The van der Waals surface area contributed by atoms with Gasteiger partial charge in [-0.3, -0.25) is 4.90 Å². The number of hydrogen-bond acceptors (Lipinski definition) is 5. The minimum Gasteiger partial charge on any atom is -0.497 e. The number of nitrogen functional groups attached to an aromatic ring is 1. The highest BCUT2D eigenvalue weighted by atomic mass is 16.5. The van der Waals surface area contributed by atoms with Crippen LogP contribution in [-0.2, 0) is 19.5 Å². The van der Waals surface area contributed by atoms with E-state index in [1.807, 2.05) is 36.4 Å². The fourth-order valence-corrected chi connectivity index (χ4v) is 3.20. The molecule has 6 heteroatoms. The summed E-state index contributed by atoms with van der Waals surface area (Å²) in [6, 6.07) is 11.9. The maximum absolute atomic E-state index is 5.97. The lowest BCUT2D eigenvalue weighted by Crippen LogP contribution is -2.30. The van der Waals surface area contributed by atoms with Crippen molar-refractivity contribution >= 4 is 5.82 Å². The summed E-state index contributed by atoms with van der Waals surface area (Å²) in [5, 5.41) is 0. The first-order valence-electron chi connectivity index (χ1n) is 8.37. The topological polar surface area (TPSA) is 80.1 Å². The Bertz CT molecular complexity index is 872. The van der Waals surface area contributed by atoms with Crippen molar-refractivity contribution in [2.24, 2.45) is 0 Å². The Morgan fingerprint density at radius 3 is 2.84 bits per heavy atom. The Labute approximate surface area is 146 Å². The summed E-state index contributed by atoms with van der Waals surface area (Å²) in [5.41, 5.74) is 10.4. The zero-order valence-corrected chi connectivity index (χ0v) is 14.2. The van der Waals surface area contributed by atoms with E-state index in [2.05, 4.69) is 14.9 Å². The van der Waals surface area contributed by atoms with Gasteiger partial charge in [0, 0.05) is 43.4 Å². The number of nitrogens with two attached hydrogens (primary N) is 1. The molecule has 25 heavy (non-hydrogen) atoms. The number of nitrogens with one attached hydrogen (secondary N) is 1. The molecule has 0 spiro atoms. The van der Waals surface area contributed by atoms with E-state index in [1.165, 1.54) is 5.69 Å². The molecule has 128 valence electrons. The second-order valence-electron chi connectivity index (χ2n) is 6.25. The van der Waals surface area contributed by atoms with E-state index in [-0.39, 0.29) is 0 Å². The van der Waals surface area contributed by atoms with E-state index in [9.17, 15) is 0 Å². The molecule has 0 radical (unpaired) electrons. The average molecular weight is 335 g/mol. The van der Waals surface area contributed by atoms with Crippen LogP contribution >= 0.6 is 0 Å². The SMILES string of the molecule is COc1ccc(-c2nc3c([nH]2)CN(Cc2cccnc2N)CC3)cc1. The second kappa shape index (κ2) is 6.57. The number of H-pyrrole nitrogens is 1. The number of methoxy groups -OCH3 is 1. The van der Waals surface area contributed by atoms with Crippen molar-refractivity contribution in [3.63, 3.8) is 0 Å². The van der Waals surface area contributed by atoms with Gasteiger partial charge < -0.3 is 15.5 Å². The number of ether oxygens (including phenoxy) is 1. The van der Waals surface area contributed by atoms with Crippen LogP contribution in [0.5, 0.6) is 5.75 Å². The number of rotatable bonds is 4. The van der Waals surface area contributed by atoms with E-state index < -0.39 is 0 Å². The molecular formula is C19H21N5O. The predicted molar refractivity (Wildman–Crippen MR) is 97.0 cm³/mol. The highest BCUT2D eigenvalue weighted by molar-refractivity contribution is 5.57. The number of aromatic nitrogens is 3. The van der Waals surface area contributed by atoms with Gasteiger partial charge in [-0.25, -0.2) is 9.97 Å². The summed E-state index contributed by atoms with van der Waals surface area (Å²) in [6.45, 7) is 2.61. The number of aromatic amines is 1. The van der Waals surface area contributed by atoms with Crippen molar-refractivity contribution in [1.29, 1.82) is 0 Å². The molecule has 1 aliphatic rings. The van der Waals surface area contributed by atoms with Crippen LogP contribution in [0.2, 0.25) is 0 Å². The van der Waals surface area contributed by atoms with E-state index in [4.69, 9.17) is 15.5 Å². The monoisotopic (exact) mass is 335 g/mol. The lowest BCUT2D eigenvalue weighted by molar-refractivity contribution is 0.241. The number of pyridine rings is 1. The van der Waals surface area contributed by atoms with Gasteiger partial charge in [0.15, 0.2) is 0 Å². The molecule has 1 aromatic carbocycles. The number of nitrogens with zero attached hydrogens (tertiary/aromatic N) is 3. The van der Waals surface area contributed by atoms with Gasteiger partial charge >= 0.3 is 0 Å². The Kier molecular flexibility index (Phi) is 4.11. The lowest BCUT2D eigenvalue weighted by Gasteiger charge is -2.26. The van der Waals surface area contributed by atoms with E-state index in [0.29, 0.717) is 5.82 Å².